The Balaban J connectivity index is 1.93. The molecule has 1 saturated carbocycles. The van der Waals surface area contributed by atoms with Crippen molar-refractivity contribution in [3.05, 3.63) is 0 Å². The van der Waals surface area contributed by atoms with Crippen LogP contribution in [-0.2, 0) is 0 Å². The summed E-state index contributed by atoms with van der Waals surface area (Å²) in [5, 5.41) is 0. The van der Waals surface area contributed by atoms with Gasteiger partial charge in [-0.05, 0) is 43.9 Å². The molecule has 0 spiro atoms. The average molecular weight is 256 g/mol. The molecular formula is C14H28N2S. The molecule has 2 aliphatic rings. The fourth-order valence-electron chi connectivity index (χ4n) is 3.64. The van der Waals surface area contributed by atoms with Crippen LogP contribution in [0.25, 0.3) is 0 Å². The molecule has 0 aromatic heterocycles. The molecule has 2 rings (SSSR count). The van der Waals surface area contributed by atoms with Crippen LogP contribution >= 0.6 is 11.8 Å². The molecular weight excluding hydrogens is 228 g/mol. The van der Waals surface area contributed by atoms with Gasteiger partial charge in [0.15, 0.2) is 0 Å². The minimum Gasteiger partial charge on any atom is -0.329 e. The van der Waals surface area contributed by atoms with E-state index in [1.165, 1.54) is 43.6 Å². The Bertz CT molecular complexity index is 226. The van der Waals surface area contributed by atoms with E-state index < -0.39 is 0 Å². The first-order valence-electron chi connectivity index (χ1n) is 7.22. The summed E-state index contributed by atoms with van der Waals surface area (Å²) in [5.74, 6) is 4.41. The second-order valence-electron chi connectivity index (χ2n) is 6.02. The van der Waals surface area contributed by atoms with Crippen LogP contribution in [0.2, 0.25) is 0 Å². The molecule has 0 bridgehead atoms. The summed E-state index contributed by atoms with van der Waals surface area (Å²) in [7, 11) is 2.31. The maximum absolute atomic E-state index is 6.07. The van der Waals surface area contributed by atoms with Crippen molar-refractivity contribution in [1.29, 1.82) is 0 Å². The summed E-state index contributed by atoms with van der Waals surface area (Å²) >= 11 is 2.10. The predicted molar refractivity (Wildman–Crippen MR) is 77.5 cm³/mol. The monoisotopic (exact) mass is 256 g/mol. The third-order valence-electron chi connectivity index (χ3n) is 4.77. The van der Waals surface area contributed by atoms with Crippen molar-refractivity contribution < 1.29 is 0 Å². The van der Waals surface area contributed by atoms with Gasteiger partial charge in [0.1, 0.15) is 0 Å². The van der Waals surface area contributed by atoms with Gasteiger partial charge in [0, 0.05) is 24.4 Å². The van der Waals surface area contributed by atoms with Crippen LogP contribution in [0.3, 0.4) is 0 Å². The van der Waals surface area contributed by atoms with Crippen molar-refractivity contribution >= 4 is 11.8 Å². The number of nitrogens with zero attached hydrogens (tertiary/aromatic N) is 1. The zero-order chi connectivity index (χ0) is 12.3. The molecule has 0 amide bonds. The number of likely N-dealkylation sites (N-methyl/N-ethyl adjacent to an activating group) is 1. The summed E-state index contributed by atoms with van der Waals surface area (Å²) in [4.78, 5) is 2.61. The molecule has 17 heavy (non-hydrogen) atoms. The molecule has 1 saturated heterocycles. The van der Waals surface area contributed by atoms with E-state index in [0.717, 1.165) is 24.4 Å². The zero-order valence-corrected chi connectivity index (χ0v) is 12.2. The first-order valence-corrected chi connectivity index (χ1v) is 8.37. The summed E-state index contributed by atoms with van der Waals surface area (Å²) in [6.45, 7) is 3.25. The van der Waals surface area contributed by atoms with Crippen molar-refractivity contribution in [3.63, 3.8) is 0 Å². The predicted octanol–water partition coefficient (Wildman–Crippen LogP) is 2.58. The summed E-state index contributed by atoms with van der Waals surface area (Å²) < 4.78 is 0. The summed E-state index contributed by atoms with van der Waals surface area (Å²) in [6, 6.07) is 1.41. The number of hydrogen-bond acceptors (Lipinski definition) is 3. The van der Waals surface area contributed by atoms with E-state index in [4.69, 9.17) is 5.73 Å². The smallest absolute Gasteiger partial charge is 0.0246 e. The van der Waals surface area contributed by atoms with Crippen LogP contribution < -0.4 is 5.73 Å². The van der Waals surface area contributed by atoms with Gasteiger partial charge in [-0.1, -0.05) is 19.8 Å². The molecule has 3 heteroatoms. The molecule has 2 nitrogen and oxygen atoms in total. The number of nitrogens with two attached hydrogens (primary N) is 1. The number of hydrogen-bond donors (Lipinski definition) is 1. The zero-order valence-electron chi connectivity index (χ0n) is 11.4. The fraction of sp³-hybridized carbons (Fsp3) is 1.00. The van der Waals surface area contributed by atoms with E-state index in [2.05, 4.69) is 30.6 Å². The summed E-state index contributed by atoms with van der Waals surface area (Å²) in [5.41, 5.74) is 6.07. The second kappa shape index (κ2) is 6.44. The van der Waals surface area contributed by atoms with Crippen LogP contribution in [0, 0.1) is 11.8 Å². The van der Waals surface area contributed by atoms with Crippen molar-refractivity contribution in [2.45, 2.75) is 51.1 Å². The number of thioether (sulfide) groups is 1. The maximum atomic E-state index is 6.07. The average Bonchev–Trinajstić information content (AvgIpc) is 2.83. The van der Waals surface area contributed by atoms with E-state index in [1.54, 1.807) is 0 Å². The lowest BCUT2D eigenvalue weighted by atomic mass is 9.78. The van der Waals surface area contributed by atoms with Crippen LogP contribution in [-0.4, -0.2) is 42.1 Å². The third-order valence-corrected chi connectivity index (χ3v) is 5.91. The third kappa shape index (κ3) is 3.39. The molecule has 0 aromatic carbocycles. The highest BCUT2D eigenvalue weighted by atomic mass is 32.2. The Kier molecular flexibility index (Phi) is 5.19. The van der Waals surface area contributed by atoms with Gasteiger partial charge in [-0.3, -0.25) is 4.90 Å². The van der Waals surface area contributed by atoms with Gasteiger partial charge < -0.3 is 5.73 Å². The minimum absolute atomic E-state index is 0.626. The van der Waals surface area contributed by atoms with Crippen molar-refractivity contribution in [1.82, 2.24) is 4.90 Å². The van der Waals surface area contributed by atoms with Crippen molar-refractivity contribution in [2.75, 3.05) is 25.1 Å². The maximum Gasteiger partial charge on any atom is 0.0246 e. The molecule has 0 aromatic rings. The van der Waals surface area contributed by atoms with Gasteiger partial charge >= 0.3 is 0 Å². The summed E-state index contributed by atoms with van der Waals surface area (Å²) in [6.07, 6.45) is 6.99. The standard InChI is InChI=1S/C14H28N2S/c1-11-4-3-5-12(8-11)14(9-15)16(2)13-6-7-17-10-13/h11-14H,3-10,15H2,1-2H3. The van der Waals surface area contributed by atoms with E-state index >= 15 is 0 Å². The van der Waals surface area contributed by atoms with Crippen LogP contribution in [0.1, 0.15) is 39.0 Å². The topological polar surface area (TPSA) is 29.3 Å². The van der Waals surface area contributed by atoms with Crippen LogP contribution in [0.4, 0.5) is 0 Å². The van der Waals surface area contributed by atoms with Crippen molar-refractivity contribution in [2.24, 2.45) is 17.6 Å². The lowest BCUT2D eigenvalue weighted by Crippen LogP contribution is -2.49. The highest BCUT2D eigenvalue weighted by Gasteiger charge is 2.32. The first kappa shape index (κ1) is 13.7. The highest BCUT2D eigenvalue weighted by Crippen LogP contribution is 2.34. The van der Waals surface area contributed by atoms with E-state index in [9.17, 15) is 0 Å². The Labute approximate surface area is 111 Å². The van der Waals surface area contributed by atoms with Gasteiger partial charge in [-0.25, -0.2) is 0 Å². The molecule has 4 atom stereocenters. The van der Waals surface area contributed by atoms with Crippen molar-refractivity contribution in [3.8, 4) is 0 Å². The van der Waals surface area contributed by atoms with Crippen LogP contribution in [0.5, 0.6) is 0 Å². The highest BCUT2D eigenvalue weighted by molar-refractivity contribution is 7.99. The lowest BCUT2D eigenvalue weighted by molar-refractivity contribution is 0.103. The Morgan fingerprint density at radius 1 is 1.35 bits per heavy atom. The molecule has 0 radical (unpaired) electrons. The Hall–Kier alpha value is 0.270. The lowest BCUT2D eigenvalue weighted by Gasteiger charge is -2.40. The molecule has 2 N–H and O–H groups in total. The second-order valence-corrected chi connectivity index (χ2v) is 7.17. The number of rotatable bonds is 4. The van der Waals surface area contributed by atoms with Crippen LogP contribution in [0.15, 0.2) is 0 Å². The Morgan fingerprint density at radius 2 is 2.18 bits per heavy atom. The van der Waals surface area contributed by atoms with Gasteiger partial charge in [0.25, 0.3) is 0 Å². The van der Waals surface area contributed by atoms with Gasteiger partial charge in [0.05, 0.1) is 0 Å². The van der Waals surface area contributed by atoms with Gasteiger partial charge in [-0.15, -0.1) is 0 Å². The van der Waals surface area contributed by atoms with E-state index in [0.29, 0.717) is 6.04 Å². The molecule has 1 aliphatic heterocycles. The Morgan fingerprint density at radius 3 is 2.76 bits per heavy atom. The largest absolute Gasteiger partial charge is 0.329 e. The molecule has 100 valence electrons. The quantitative estimate of drug-likeness (QED) is 0.838. The normalized spacial score (nSPS) is 36.4. The van der Waals surface area contributed by atoms with Gasteiger partial charge in [-0.2, -0.15) is 11.8 Å². The first-order chi connectivity index (χ1) is 8.22. The fourth-order valence-corrected chi connectivity index (χ4v) is 4.92. The molecule has 4 unspecified atom stereocenters. The molecule has 1 aliphatic carbocycles. The minimum atomic E-state index is 0.626. The van der Waals surface area contributed by atoms with Gasteiger partial charge in [0.2, 0.25) is 0 Å². The van der Waals surface area contributed by atoms with E-state index in [-0.39, 0.29) is 0 Å². The van der Waals surface area contributed by atoms with E-state index in [1.807, 2.05) is 0 Å². The molecule has 2 fully saturated rings. The SMILES string of the molecule is CC1CCCC(C(CN)N(C)C2CCSC2)C1. The molecule has 1 heterocycles.